The molecule has 0 N–H and O–H groups in total. The normalized spacial score (nSPS) is 9.32. The summed E-state index contributed by atoms with van der Waals surface area (Å²) in [4.78, 5) is 0. The topological polar surface area (TPSA) is 0 Å². The standard InChI is InChI=1S/C12H9Cl.C6H6/c13-12-8-4-7-11(9-12)10-5-2-1-3-6-10;1-2-4-6-5-3-1/h1-9H;1-6H. The molecule has 0 aliphatic rings. The number of hydrogen-bond acceptors (Lipinski definition) is 0. The van der Waals surface area contributed by atoms with Crippen LogP contribution in [0.1, 0.15) is 0 Å². The maximum atomic E-state index is 5.89. The summed E-state index contributed by atoms with van der Waals surface area (Å²) in [5.74, 6) is 0. The first-order chi connectivity index (χ1) is 9.36. The molecule has 0 aromatic heterocycles. The van der Waals surface area contributed by atoms with E-state index >= 15 is 0 Å². The Kier molecular flexibility index (Phi) is 5.21. The van der Waals surface area contributed by atoms with E-state index < -0.39 is 0 Å². The summed E-state index contributed by atoms with van der Waals surface area (Å²) in [6.07, 6.45) is 0. The predicted octanol–water partition coefficient (Wildman–Crippen LogP) is 5.69. The number of rotatable bonds is 1. The van der Waals surface area contributed by atoms with E-state index in [2.05, 4.69) is 18.2 Å². The second kappa shape index (κ2) is 7.40. The first-order valence-electron chi connectivity index (χ1n) is 6.17. The molecule has 0 saturated heterocycles. The fourth-order valence-electron chi connectivity index (χ4n) is 1.68. The van der Waals surface area contributed by atoms with E-state index in [1.165, 1.54) is 5.56 Å². The molecule has 0 spiro atoms. The number of hydrogen-bond donors (Lipinski definition) is 0. The molecule has 0 atom stereocenters. The summed E-state index contributed by atoms with van der Waals surface area (Å²) in [6.45, 7) is 0. The van der Waals surface area contributed by atoms with Crippen LogP contribution in [0.3, 0.4) is 0 Å². The summed E-state index contributed by atoms with van der Waals surface area (Å²) in [7, 11) is 0. The van der Waals surface area contributed by atoms with Crippen LogP contribution in [0.5, 0.6) is 0 Å². The van der Waals surface area contributed by atoms with Gasteiger partial charge in [-0.2, -0.15) is 0 Å². The van der Waals surface area contributed by atoms with Crippen LogP contribution in [0.15, 0.2) is 91.0 Å². The minimum atomic E-state index is 0.779. The van der Waals surface area contributed by atoms with Crippen molar-refractivity contribution in [3.8, 4) is 11.1 Å². The van der Waals surface area contributed by atoms with Crippen molar-refractivity contribution in [1.29, 1.82) is 0 Å². The lowest BCUT2D eigenvalue weighted by atomic mass is 10.1. The zero-order valence-electron chi connectivity index (χ0n) is 10.5. The van der Waals surface area contributed by atoms with Gasteiger partial charge < -0.3 is 0 Å². The van der Waals surface area contributed by atoms with Crippen LogP contribution in [0.2, 0.25) is 5.02 Å². The molecule has 0 radical (unpaired) electrons. The molecule has 0 aliphatic heterocycles. The Morgan fingerprint density at radius 1 is 0.474 bits per heavy atom. The largest absolute Gasteiger partial charge is 0.0843 e. The van der Waals surface area contributed by atoms with Gasteiger partial charge in [0, 0.05) is 5.02 Å². The summed E-state index contributed by atoms with van der Waals surface area (Å²) in [5.41, 5.74) is 2.36. The van der Waals surface area contributed by atoms with Gasteiger partial charge in [0.1, 0.15) is 0 Å². The van der Waals surface area contributed by atoms with Crippen molar-refractivity contribution in [2.45, 2.75) is 0 Å². The predicted molar refractivity (Wildman–Crippen MR) is 83.3 cm³/mol. The molecule has 0 amide bonds. The monoisotopic (exact) mass is 266 g/mol. The molecular formula is C18H15Cl. The van der Waals surface area contributed by atoms with Crippen molar-refractivity contribution >= 4 is 11.6 Å². The Hall–Kier alpha value is -2.05. The highest BCUT2D eigenvalue weighted by molar-refractivity contribution is 6.30. The van der Waals surface area contributed by atoms with Gasteiger partial charge in [0.15, 0.2) is 0 Å². The smallest absolute Gasteiger partial charge is 0.0412 e. The quantitative estimate of drug-likeness (QED) is 0.530. The molecular weight excluding hydrogens is 252 g/mol. The Bertz CT molecular complexity index is 562. The SMILES string of the molecule is Clc1cccc(-c2ccccc2)c1.c1ccccc1. The van der Waals surface area contributed by atoms with E-state index in [1.807, 2.05) is 72.8 Å². The second-order valence-corrected chi connectivity index (χ2v) is 4.47. The third-order valence-corrected chi connectivity index (χ3v) is 2.83. The molecule has 0 heterocycles. The van der Waals surface area contributed by atoms with Gasteiger partial charge in [0.05, 0.1) is 0 Å². The summed E-state index contributed by atoms with van der Waals surface area (Å²) < 4.78 is 0. The van der Waals surface area contributed by atoms with Crippen LogP contribution < -0.4 is 0 Å². The van der Waals surface area contributed by atoms with Crippen molar-refractivity contribution in [3.05, 3.63) is 96.0 Å². The van der Waals surface area contributed by atoms with Crippen molar-refractivity contribution in [2.24, 2.45) is 0 Å². The van der Waals surface area contributed by atoms with Crippen LogP contribution >= 0.6 is 11.6 Å². The molecule has 94 valence electrons. The van der Waals surface area contributed by atoms with Crippen molar-refractivity contribution in [2.75, 3.05) is 0 Å². The average molecular weight is 267 g/mol. The number of halogens is 1. The molecule has 0 aliphatic carbocycles. The molecule has 0 saturated carbocycles. The van der Waals surface area contributed by atoms with Crippen molar-refractivity contribution in [1.82, 2.24) is 0 Å². The summed E-state index contributed by atoms with van der Waals surface area (Å²) in [5, 5.41) is 0.779. The fourth-order valence-corrected chi connectivity index (χ4v) is 1.87. The zero-order chi connectivity index (χ0) is 13.3. The van der Waals surface area contributed by atoms with Gasteiger partial charge >= 0.3 is 0 Å². The van der Waals surface area contributed by atoms with Gasteiger partial charge in [-0.25, -0.2) is 0 Å². The minimum absolute atomic E-state index is 0.779. The van der Waals surface area contributed by atoms with Gasteiger partial charge in [-0.3, -0.25) is 0 Å². The van der Waals surface area contributed by atoms with Crippen LogP contribution in [0.25, 0.3) is 11.1 Å². The molecule has 3 aromatic carbocycles. The van der Waals surface area contributed by atoms with Gasteiger partial charge in [-0.15, -0.1) is 0 Å². The second-order valence-electron chi connectivity index (χ2n) is 4.03. The highest BCUT2D eigenvalue weighted by Gasteiger charge is 1.95. The van der Waals surface area contributed by atoms with Crippen LogP contribution in [-0.2, 0) is 0 Å². The number of benzene rings is 3. The molecule has 0 unspecified atom stereocenters. The lowest BCUT2D eigenvalue weighted by molar-refractivity contribution is 1.62. The highest BCUT2D eigenvalue weighted by atomic mass is 35.5. The third kappa shape index (κ3) is 4.61. The van der Waals surface area contributed by atoms with Crippen molar-refractivity contribution < 1.29 is 0 Å². The van der Waals surface area contributed by atoms with E-state index in [-0.39, 0.29) is 0 Å². The Balaban J connectivity index is 0.000000186. The van der Waals surface area contributed by atoms with E-state index in [4.69, 9.17) is 11.6 Å². The highest BCUT2D eigenvalue weighted by Crippen LogP contribution is 2.21. The van der Waals surface area contributed by atoms with Gasteiger partial charge in [-0.1, -0.05) is 90.5 Å². The molecule has 0 fully saturated rings. The first-order valence-corrected chi connectivity index (χ1v) is 6.55. The van der Waals surface area contributed by atoms with Crippen molar-refractivity contribution in [3.63, 3.8) is 0 Å². The maximum absolute atomic E-state index is 5.89. The lowest BCUT2D eigenvalue weighted by Crippen LogP contribution is -1.75. The van der Waals surface area contributed by atoms with E-state index in [0.29, 0.717) is 0 Å². The Morgan fingerprint density at radius 2 is 0.947 bits per heavy atom. The lowest BCUT2D eigenvalue weighted by Gasteiger charge is -2.00. The molecule has 0 nitrogen and oxygen atoms in total. The van der Waals surface area contributed by atoms with Crippen LogP contribution in [0.4, 0.5) is 0 Å². The minimum Gasteiger partial charge on any atom is -0.0843 e. The van der Waals surface area contributed by atoms with E-state index in [9.17, 15) is 0 Å². The van der Waals surface area contributed by atoms with Crippen LogP contribution in [0, 0.1) is 0 Å². The molecule has 3 rings (SSSR count). The van der Waals surface area contributed by atoms with E-state index in [0.717, 1.165) is 10.6 Å². The first kappa shape index (κ1) is 13.4. The summed E-state index contributed by atoms with van der Waals surface area (Å²) in [6, 6.07) is 30.1. The molecule has 19 heavy (non-hydrogen) atoms. The molecule has 1 heteroatoms. The molecule has 3 aromatic rings. The average Bonchev–Trinajstić information content (AvgIpc) is 2.51. The Morgan fingerprint density at radius 3 is 1.47 bits per heavy atom. The summed E-state index contributed by atoms with van der Waals surface area (Å²) >= 11 is 5.89. The molecule has 0 bridgehead atoms. The van der Waals surface area contributed by atoms with Gasteiger partial charge in [-0.05, 0) is 23.3 Å². The maximum Gasteiger partial charge on any atom is 0.0412 e. The van der Waals surface area contributed by atoms with Gasteiger partial charge in [0.25, 0.3) is 0 Å². The van der Waals surface area contributed by atoms with Gasteiger partial charge in [0.2, 0.25) is 0 Å². The Labute approximate surface area is 119 Å². The van der Waals surface area contributed by atoms with E-state index in [1.54, 1.807) is 0 Å². The van der Waals surface area contributed by atoms with Crippen LogP contribution in [-0.4, -0.2) is 0 Å². The third-order valence-electron chi connectivity index (χ3n) is 2.60. The fraction of sp³-hybridized carbons (Fsp3) is 0. The zero-order valence-corrected chi connectivity index (χ0v) is 11.3.